The molecule has 4 rings (SSSR count). The van der Waals surface area contributed by atoms with Gasteiger partial charge in [-0.1, -0.05) is 35.9 Å². The van der Waals surface area contributed by atoms with Crippen LogP contribution in [-0.4, -0.2) is 25.0 Å². The first-order valence-electron chi connectivity index (χ1n) is 7.05. The molecule has 1 aliphatic carbocycles. The molecule has 0 N–H and O–H groups in total. The van der Waals surface area contributed by atoms with Crippen molar-refractivity contribution in [2.45, 2.75) is 0 Å². The highest BCUT2D eigenvalue weighted by Crippen LogP contribution is 2.45. The number of pyridine rings is 1. The van der Waals surface area contributed by atoms with Crippen LogP contribution in [0, 0.1) is 0 Å². The summed E-state index contributed by atoms with van der Waals surface area (Å²) in [5.41, 5.74) is 3.44. The maximum absolute atomic E-state index is 12.6. The van der Waals surface area contributed by atoms with Gasteiger partial charge in [0.05, 0.1) is 25.3 Å². The van der Waals surface area contributed by atoms with Gasteiger partial charge in [0.1, 0.15) is 5.15 Å². The van der Waals surface area contributed by atoms with E-state index in [1.165, 1.54) is 0 Å². The third-order valence-electron chi connectivity index (χ3n) is 4.11. The highest BCUT2D eigenvalue weighted by atomic mass is 35.5. The molecule has 5 heteroatoms. The van der Waals surface area contributed by atoms with Crippen molar-refractivity contribution in [2.75, 3.05) is 14.2 Å². The molecule has 4 nitrogen and oxygen atoms in total. The maximum atomic E-state index is 12.6. The van der Waals surface area contributed by atoms with Crippen LogP contribution < -0.4 is 9.47 Å². The number of carbonyl (C=O) groups is 1. The fourth-order valence-electron chi connectivity index (χ4n) is 3.08. The zero-order valence-corrected chi connectivity index (χ0v) is 13.3. The van der Waals surface area contributed by atoms with Crippen molar-refractivity contribution in [1.82, 2.24) is 4.98 Å². The van der Waals surface area contributed by atoms with E-state index in [0.29, 0.717) is 28.1 Å². The normalized spacial score (nSPS) is 12.2. The van der Waals surface area contributed by atoms with Gasteiger partial charge in [0.25, 0.3) is 0 Å². The average molecular weight is 326 g/mol. The number of fused-ring (bicyclic) bond motifs is 5. The molecule has 23 heavy (non-hydrogen) atoms. The van der Waals surface area contributed by atoms with E-state index in [9.17, 15) is 4.79 Å². The monoisotopic (exact) mass is 325 g/mol. The summed E-state index contributed by atoms with van der Waals surface area (Å²) in [7, 11) is 3.14. The second-order valence-electron chi connectivity index (χ2n) is 5.25. The van der Waals surface area contributed by atoms with Gasteiger partial charge in [0, 0.05) is 22.6 Å². The van der Waals surface area contributed by atoms with E-state index in [0.717, 1.165) is 16.5 Å². The second kappa shape index (κ2) is 4.96. The number of nitrogens with zero attached hydrogens (tertiary/aromatic N) is 1. The molecule has 1 aromatic heterocycles. The van der Waals surface area contributed by atoms with Crippen molar-refractivity contribution < 1.29 is 14.3 Å². The first-order chi connectivity index (χ1) is 11.2. The van der Waals surface area contributed by atoms with Gasteiger partial charge < -0.3 is 9.47 Å². The lowest BCUT2D eigenvalue weighted by Gasteiger charge is -2.12. The molecule has 0 saturated heterocycles. The summed E-state index contributed by atoms with van der Waals surface area (Å²) in [5, 5.41) is 1.03. The zero-order valence-electron chi connectivity index (χ0n) is 12.5. The molecule has 0 aliphatic heterocycles. The largest absolute Gasteiger partial charge is 0.493 e. The number of carbonyl (C=O) groups excluding carboxylic acids is 1. The van der Waals surface area contributed by atoms with Gasteiger partial charge in [-0.2, -0.15) is 0 Å². The topological polar surface area (TPSA) is 48.4 Å². The van der Waals surface area contributed by atoms with Crippen LogP contribution in [-0.2, 0) is 0 Å². The molecule has 1 heterocycles. The van der Waals surface area contributed by atoms with Crippen LogP contribution in [0.3, 0.4) is 0 Å². The highest BCUT2D eigenvalue weighted by Gasteiger charge is 2.31. The lowest BCUT2D eigenvalue weighted by atomic mass is 10.0. The van der Waals surface area contributed by atoms with Crippen molar-refractivity contribution in [2.24, 2.45) is 0 Å². The van der Waals surface area contributed by atoms with Crippen molar-refractivity contribution in [3.05, 3.63) is 52.7 Å². The third kappa shape index (κ3) is 1.85. The number of rotatable bonds is 2. The Hall–Kier alpha value is -2.59. The molecule has 0 atom stereocenters. The molecule has 2 aromatic carbocycles. The lowest BCUT2D eigenvalue weighted by Crippen LogP contribution is -1.99. The Labute approximate surface area is 137 Å². The van der Waals surface area contributed by atoms with Gasteiger partial charge in [-0.3, -0.25) is 4.79 Å². The van der Waals surface area contributed by atoms with Crippen molar-refractivity contribution in [3.8, 4) is 22.6 Å². The van der Waals surface area contributed by atoms with E-state index >= 15 is 0 Å². The number of halogens is 1. The Bertz CT molecular complexity index is 982. The molecule has 0 amide bonds. The first-order valence-corrected chi connectivity index (χ1v) is 7.43. The minimum Gasteiger partial charge on any atom is -0.493 e. The smallest absolute Gasteiger partial charge is 0.197 e. The summed E-state index contributed by atoms with van der Waals surface area (Å²) in [5.74, 6) is 1.06. The lowest BCUT2D eigenvalue weighted by molar-refractivity contribution is 0.104. The Morgan fingerprint density at radius 3 is 2.30 bits per heavy atom. The number of hydrogen-bond acceptors (Lipinski definition) is 4. The summed E-state index contributed by atoms with van der Waals surface area (Å²) in [6, 6.07) is 11.1. The van der Waals surface area contributed by atoms with Crippen LogP contribution >= 0.6 is 11.6 Å². The maximum Gasteiger partial charge on any atom is 0.197 e. The van der Waals surface area contributed by atoms with Gasteiger partial charge in [-0.05, 0) is 11.6 Å². The number of hydrogen-bond donors (Lipinski definition) is 0. The molecule has 0 spiro atoms. The SMILES string of the molecule is COc1cc2nc(Cl)c3c(c2cc1OC)-c1ccccc1C3=O. The molecular weight excluding hydrogens is 314 g/mol. The Balaban J connectivity index is 2.17. The van der Waals surface area contributed by atoms with E-state index in [1.54, 1.807) is 26.4 Å². The van der Waals surface area contributed by atoms with Crippen LogP contribution in [0.4, 0.5) is 0 Å². The highest BCUT2D eigenvalue weighted by molar-refractivity contribution is 6.38. The van der Waals surface area contributed by atoms with E-state index < -0.39 is 0 Å². The molecular formula is C18H12ClNO3. The van der Waals surface area contributed by atoms with Crippen LogP contribution in [0.1, 0.15) is 15.9 Å². The summed E-state index contributed by atoms with van der Waals surface area (Å²) in [6.07, 6.45) is 0. The molecule has 1 aliphatic rings. The standard InChI is InChI=1S/C18H12ClNO3/c1-22-13-7-11-12(8-14(13)23-2)20-18(19)16-15(11)9-5-3-4-6-10(9)17(16)21/h3-8H,1-2H3. The fourth-order valence-corrected chi connectivity index (χ4v) is 3.35. The van der Waals surface area contributed by atoms with Gasteiger partial charge in [0.2, 0.25) is 0 Å². The summed E-state index contributed by atoms with van der Waals surface area (Å²) in [4.78, 5) is 17.0. The van der Waals surface area contributed by atoms with Gasteiger partial charge in [-0.15, -0.1) is 0 Å². The molecule has 3 aromatic rings. The summed E-state index contributed by atoms with van der Waals surface area (Å²) in [6.45, 7) is 0. The Kier molecular flexibility index (Phi) is 3.03. The van der Waals surface area contributed by atoms with E-state index in [-0.39, 0.29) is 10.9 Å². The second-order valence-corrected chi connectivity index (χ2v) is 5.61. The Morgan fingerprint density at radius 2 is 1.61 bits per heavy atom. The first kappa shape index (κ1) is 14.0. The van der Waals surface area contributed by atoms with E-state index in [2.05, 4.69) is 4.98 Å². The third-order valence-corrected chi connectivity index (χ3v) is 4.39. The van der Waals surface area contributed by atoms with Gasteiger partial charge in [0.15, 0.2) is 17.3 Å². The van der Waals surface area contributed by atoms with Crippen LogP contribution in [0.5, 0.6) is 11.5 Å². The fraction of sp³-hybridized carbons (Fsp3) is 0.111. The van der Waals surface area contributed by atoms with Crippen molar-refractivity contribution in [1.29, 1.82) is 0 Å². The zero-order chi connectivity index (χ0) is 16.1. The van der Waals surface area contributed by atoms with Gasteiger partial charge >= 0.3 is 0 Å². The molecule has 0 radical (unpaired) electrons. The molecule has 0 unspecified atom stereocenters. The predicted octanol–water partition coefficient (Wildman–Crippen LogP) is 4.12. The number of ether oxygens (including phenoxy) is 2. The molecule has 0 bridgehead atoms. The molecule has 0 fully saturated rings. The minimum atomic E-state index is -0.0928. The van der Waals surface area contributed by atoms with Crippen LogP contribution in [0.25, 0.3) is 22.0 Å². The quantitative estimate of drug-likeness (QED) is 0.520. The van der Waals surface area contributed by atoms with Gasteiger partial charge in [-0.25, -0.2) is 4.98 Å². The van der Waals surface area contributed by atoms with E-state index in [4.69, 9.17) is 21.1 Å². The molecule has 0 saturated carbocycles. The molecule has 114 valence electrons. The van der Waals surface area contributed by atoms with E-state index in [1.807, 2.05) is 24.3 Å². The predicted molar refractivity (Wildman–Crippen MR) is 88.7 cm³/mol. The van der Waals surface area contributed by atoms with Crippen LogP contribution in [0.2, 0.25) is 5.15 Å². The number of methoxy groups -OCH3 is 2. The van der Waals surface area contributed by atoms with Crippen molar-refractivity contribution in [3.63, 3.8) is 0 Å². The number of benzene rings is 2. The average Bonchev–Trinajstić information content (AvgIpc) is 2.88. The van der Waals surface area contributed by atoms with Crippen LogP contribution in [0.15, 0.2) is 36.4 Å². The minimum absolute atomic E-state index is 0.0928. The Morgan fingerprint density at radius 1 is 0.957 bits per heavy atom. The van der Waals surface area contributed by atoms with Crippen molar-refractivity contribution >= 4 is 28.3 Å². The number of ketones is 1. The number of aromatic nitrogens is 1. The summed E-state index contributed by atoms with van der Waals surface area (Å²) >= 11 is 6.30. The summed E-state index contributed by atoms with van der Waals surface area (Å²) < 4.78 is 10.7.